The van der Waals surface area contributed by atoms with E-state index >= 15 is 0 Å². The molecular weight excluding hydrogens is 396 g/mol. The lowest BCUT2D eigenvalue weighted by Crippen LogP contribution is -2.20. The summed E-state index contributed by atoms with van der Waals surface area (Å²) in [5, 5.41) is 20.3. The summed E-state index contributed by atoms with van der Waals surface area (Å²) in [6.07, 6.45) is 0. The predicted molar refractivity (Wildman–Crippen MR) is 123 cm³/mol. The van der Waals surface area contributed by atoms with Crippen LogP contribution in [0.25, 0.3) is 22.6 Å². The number of furan rings is 1. The number of nitrogens with two attached hydrogens (primary N) is 2. The molecule has 3 rings (SSSR count). The molecule has 31 heavy (non-hydrogen) atoms. The van der Waals surface area contributed by atoms with Crippen molar-refractivity contribution in [1.29, 1.82) is 10.8 Å². The second-order valence-corrected chi connectivity index (χ2v) is 6.53. The van der Waals surface area contributed by atoms with Crippen LogP contribution in [-0.2, 0) is 0 Å². The van der Waals surface area contributed by atoms with E-state index in [9.17, 15) is 0 Å². The average Bonchev–Trinajstić information content (AvgIpc) is 3.18. The molecule has 0 saturated heterocycles. The molecule has 0 fully saturated rings. The van der Waals surface area contributed by atoms with Crippen molar-refractivity contribution < 1.29 is 13.9 Å². The van der Waals surface area contributed by atoms with Gasteiger partial charge in [0.15, 0.2) is 11.9 Å². The fourth-order valence-electron chi connectivity index (χ4n) is 3.10. The van der Waals surface area contributed by atoms with E-state index in [-0.39, 0.29) is 11.9 Å². The molecule has 0 aliphatic carbocycles. The lowest BCUT2D eigenvalue weighted by molar-refractivity contribution is 0.340. The lowest BCUT2D eigenvalue weighted by Gasteiger charge is -2.12. The van der Waals surface area contributed by atoms with Gasteiger partial charge >= 0.3 is 0 Å². The number of benzene rings is 2. The molecule has 0 saturated carbocycles. The third-order valence-corrected chi connectivity index (χ3v) is 4.26. The minimum Gasteiger partial charge on any atom is -0.493 e. The highest BCUT2D eigenvalue weighted by atomic mass is 16.5. The number of hydrogen-bond donors (Lipinski definition) is 6. The Bertz CT molecular complexity index is 1010. The Morgan fingerprint density at radius 3 is 1.55 bits per heavy atom. The maximum Gasteiger partial charge on any atom is 0.190 e. The van der Waals surface area contributed by atoms with Crippen LogP contribution < -0.4 is 31.6 Å². The molecule has 2 aromatic carbocycles. The molecule has 0 atom stereocenters. The van der Waals surface area contributed by atoms with Crippen LogP contribution in [0.3, 0.4) is 0 Å². The number of rotatable bonds is 8. The van der Waals surface area contributed by atoms with Crippen molar-refractivity contribution in [1.82, 2.24) is 0 Å². The van der Waals surface area contributed by atoms with Crippen LogP contribution in [0.2, 0.25) is 0 Å². The van der Waals surface area contributed by atoms with Gasteiger partial charge in [0.1, 0.15) is 23.0 Å². The van der Waals surface area contributed by atoms with Gasteiger partial charge in [0, 0.05) is 23.5 Å². The molecule has 8 N–H and O–H groups in total. The second-order valence-electron chi connectivity index (χ2n) is 6.53. The van der Waals surface area contributed by atoms with E-state index in [2.05, 4.69) is 10.6 Å². The van der Waals surface area contributed by atoms with Crippen LogP contribution in [0, 0.1) is 10.8 Å². The highest BCUT2D eigenvalue weighted by Gasteiger charge is 2.16. The largest absolute Gasteiger partial charge is 0.493 e. The molecule has 3 aromatic rings. The van der Waals surface area contributed by atoms with Crippen LogP contribution in [0.1, 0.15) is 13.8 Å². The molecule has 162 valence electrons. The first kappa shape index (κ1) is 21.6. The van der Waals surface area contributed by atoms with Gasteiger partial charge < -0.3 is 36.0 Å². The van der Waals surface area contributed by atoms with E-state index in [0.29, 0.717) is 47.6 Å². The Morgan fingerprint density at radius 1 is 0.774 bits per heavy atom. The summed E-state index contributed by atoms with van der Waals surface area (Å²) in [7, 11) is 0. The van der Waals surface area contributed by atoms with E-state index in [1.807, 2.05) is 38.1 Å². The van der Waals surface area contributed by atoms with Gasteiger partial charge in [-0.25, -0.2) is 0 Å². The molecule has 0 radical (unpaired) electrons. The molecule has 0 amide bonds. The highest BCUT2D eigenvalue weighted by Crippen LogP contribution is 2.39. The van der Waals surface area contributed by atoms with Gasteiger partial charge in [-0.05, 0) is 50.2 Å². The monoisotopic (exact) mass is 422 g/mol. The molecule has 1 aromatic heterocycles. The van der Waals surface area contributed by atoms with E-state index in [1.165, 1.54) is 0 Å². The average molecular weight is 422 g/mol. The summed E-state index contributed by atoms with van der Waals surface area (Å²) in [5.74, 6) is 2.17. The number of hydrogen-bond acceptors (Lipinski definition) is 5. The first-order valence-electron chi connectivity index (χ1n) is 9.77. The molecule has 0 aliphatic rings. The summed E-state index contributed by atoms with van der Waals surface area (Å²) >= 11 is 0. The molecule has 0 spiro atoms. The third-order valence-electron chi connectivity index (χ3n) is 4.26. The quantitative estimate of drug-likeness (QED) is 0.236. The van der Waals surface area contributed by atoms with Crippen molar-refractivity contribution in [2.24, 2.45) is 11.5 Å². The summed E-state index contributed by atoms with van der Waals surface area (Å²) in [5.41, 5.74) is 13.7. The van der Waals surface area contributed by atoms with Crippen molar-refractivity contribution in [2.75, 3.05) is 23.8 Å². The fourth-order valence-corrected chi connectivity index (χ4v) is 3.10. The SMILES string of the molecule is CCOc1cc(NC(=N)N)ccc1-c1ccc(-c2ccc(NC(=N)N)cc2OCC)o1. The number of anilines is 2. The molecule has 1 heterocycles. The molecule has 0 bridgehead atoms. The van der Waals surface area contributed by atoms with Crippen LogP contribution in [0.5, 0.6) is 11.5 Å². The summed E-state index contributed by atoms with van der Waals surface area (Å²) < 4.78 is 17.7. The van der Waals surface area contributed by atoms with Crippen LogP contribution >= 0.6 is 0 Å². The third kappa shape index (κ3) is 5.27. The zero-order valence-electron chi connectivity index (χ0n) is 17.4. The minimum absolute atomic E-state index is 0.151. The van der Waals surface area contributed by atoms with Gasteiger partial charge in [-0.2, -0.15) is 0 Å². The zero-order chi connectivity index (χ0) is 22.4. The van der Waals surface area contributed by atoms with Gasteiger partial charge in [0.2, 0.25) is 0 Å². The minimum atomic E-state index is -0.151. The molecular formula is C22H26N6O3. The Kier molecular flexibility index (Phi) is 6.66. The van der Waals surface area contributed by atoms with E-state index in [0.717, 1.165) is 11.1 Å². The number of guanidine groups is 2. The maximum atomic E-state index is 7.40. The van der Waals surface area contributed by atoms with E-state index in [4.69, 9.17) is 36.2 Å². The Morgan fingerprint density at radius 2 is 1.19 bits per heavy atom. The number of ether oxygens (including phenoxy) is 2. The van der Waals surface area contributed by atoms with Crippen LogP contribution in [0.4, 0.5) is 11.4 Å². The topological polar surface area (TPSA) is 155 Å². The van der Waals surface area contributed by atoms with E-state index in [1.54, 1.807) is 24.3 Å². The van der Waals surface area contributed by atoms with E-state index < -0.39 is 0 Å². The molecule has 9 heteroatoms. The van der Waals surface area contributed by atoms with Crippen molar-refractivity contribution in [3.63, 3.8) is 0 Å². The molecule has 0 aliphatic heterocycles. The lowest BCUT2D eigenvalue weighted by atomic mass is 10.1. The van der Waals surface area contributed by atoms with Gasteiger partial charge in [-0.15, -0.1) is 0 Å². The normalized spacial score (nSPS) is 10.4. The van der Waals surface area contributed by atoms with Crippen molar-refractivity contribution in [3.8, 4) is 34.1 Å². The fraction of sp³-hybridized carbons (Fsp3) is 0.182. The maximum absolute atomic E-state index is 7.40. The summed E-state index contributed by atoms with van der Waals surface area (Å²) in [4.78, 5) is 0. The second kappa shape index (κ2) is 9.57. The van der Waals surface area contributed by atoms with Crippen molar-refractivity contribution in [3.05, 3.63) is 48.5 Å². The van der Waals surface area contributed by atoms with Crippen LogP contribution in [0.15, 0.2) is 52.9 Å². The summed E-state index contributed by atoms with van der Waals surface area (Å²) in [6.45, 7) is 4.74. The first-order valence-corrected chi connectivity index (χ1v) is 9.77. The van der Waals surface area contributed by atoms with Crippen LogP contribution in [-0.4, -0.2) is 25.1 Å². The molecule has 0 unspecified atom stereocenters. The molecule has 9 nitrogen and oxygen atoms in total. The highest BCUT2D eigenvalue weighted by molar-refractivity contribution is 5.91. The van der Waals surface area contributed by atoms with Gasteiger partial charge in [-0.1, -0.05) is 0 Å². The number of nitrogens with one attached hydrogen (secondary N) is 4. The smallest absolute Gasteiger partial charge is 0.190 e. The Balaban J connectivity index is 1.97. The van der Waals surface area contributed by atoms with Gasteiger partial charge in [-0.3, -0.25) is 10.8 Å². The summed E-state index contributed by atoms with van der Waals surface area (Å²) in [6, 6.07) is 14.6. The van der Waals surface area contributed by atoms with Gasteiger partial charge in [0.25, 0.3) is 0 Å². The zero-order valence-corrected chi connectivity index (χ0v) is 17.4. The van der Waals surface area contributed by atoms with Crippen molar-refractivity contribution >= 4 is 23.3 Å². The van der Waals surface area contributed by atoms with Gasteiger partial charge in [0.05, 0.1) is 24.3 Å². The first-order chi connectivity index (χ1) is 14.9. The van der Waals surface area contributed by atoms with Crippen molar-refractivity contribution in [2.45, 2.75) is 13.8 Å². The standard InChI is InChI=1S/C22H26N6O3/c1-3-29-19-11-13(27-21(23)24)5-7-15(19)17-9-10-18(31-17)16-8-6-14(28-22(25)26)12-20(16)30-4-2/h5-12H,3-4H2,1-2H3,(H4,23,24,27)(H4,25,26,28). The Labute approximate surface area is 180 Å². The Hall–Kier alpha value is -4.14. The predicted octanol–water partition coefficient (Wildman–Crippen LogP) is 4.02.